The molecule has 1 fully saturated rings. The largest absolute Gasteiger partial charge is 0.497 e. The minimum absolute atomic E-state index is 0.245. The molecule has 5 nitrogen and oxygen atoms in total. The quantitative estimate of drug-likeness (QED) is 0.787. The molecule has 0 spiro atoms. The van der Waals surface area contributed by atoms with Crippen LogP contribution in [0.15, 0.2) is 48.5 Å². The van der Waals surface area contributed by atoms with Crippen LogP contribution in [0, 0.1) is 5.92 Å². The topological polar surface area (TPSA) is 46.9 Å². The second kappa shape index (κ2) is 8.80. The summed E-state index contributed by atoms with van der Waals surface area (Å²) in [7, 11) is 3.40. The standard InChI is InChI=1S/C22H28N3O2/c1-17-12-14-25(15-13-17)20-8-6-19(7-9-20)23-22(26)24(2)16-18-4-10-21(27-3)11-5-18/h4-11,17H,12-16H2,1-3H3. The summed E-state index contributed by atoms with van der Waals surface area (Å²) in [6.45, 7) is 5.02. The molecule has 1 aliphatic heterocycles. The molecular weight excluding hydrogens is 338 g/mol. The van der Waals surface area contributed by atoms with Crippen LogP contribution in [-0.2, 0) is 6.54 Å². The van der Waals surface area contributed by atoms with Crippen molar-refractivity contribution in [3.63, 3.8) is 0 Å². The molecule has 1 heterocycles. The zero-order valence-electron chi connectivity index (χ0n) is 16.4. The van der Waals surface area contributed by atoms with E-state index in [4.69, 9.17) is 4.74 Å². The number of carbonyl (C=O) groups is 1. The molecule has 143 valence electrons. The molecule has 2 aromatic rings. The van der Waals surface area contributed by atoms with Gasteiger partial charge in [0, 0.05) is 32.4 Å². The van der Waals surface area contributed by atoms with E-state index in [0.29, 0.717) is 12.2 Å². The van der Waals surface area contributed by atoms with Gasteiger partial charge in [0.2, 0.25) is 0 Å². The molecule has 0 aromatic heterocycles. The maximum atomic E-state index is 12.4. The van der Waals surface area contributed by atoms with E-state index in [-0.39, 0.29) is 6.03 Å². The van der Waals surface area contributed by atoms with Gasteiger partial charge in [-0.15, -0.1) is 0 Å². The zero-order chi connectivity index (χ0) is 19.2. The number of hydrogen-bond acceptors (Lipinski definition) is 3. The van der Waals surface area contributed by atoms with Gasteiger partial charge in [-0.05, 0) is 60.7 Å². The van der Waals surface area contributed by atoms with Crippen LogP contribution in [0.5, 0.6) is 5.75 Å². The molecule has 0 N–H and O–H groups in total. The summed E-state index contributed by atoms with van der Waals surface area (Å²) in [5, 5.41) is 4.23. The Kier molecular flexibility index (Phi) is 6.22. The number of benzene rings is 2. The van der Waals surface area contributed by atoms with Gasteiger partial charge < -0.3 is 14.5 Å². The van der Waals surface area contributed by atoms with Gasteiger partial charge in [0.25, 0.3) is 0 Å². The molecule has 2 amide bonds. The second-order valence-corrected chi connectivity index (χ2v) is 7.28. The molecule has 5 heteroatoms. The Morgan fingerprint density at radius 1 is 1.11 bits per heavy atom. The van der Waals surface area contributed by atoms with Crippen LogP contribution < -0.4 is 15.0 Å². The fourth-order valence-electron chi connectivity index (χ4n) is 3.27. The third-order valence-electron chi connectivity index (χ3n) is 5.13. The van der Waals surface area contributed by atoms with Crippen molar-refractivity contribution in [3.05, 3.63) is 54.1 Å². The lowest BCUT2D eigenvalue weighted by Gasteiger charge is -2.32. The maximum Gasteiger partial charge on any atom is 0.344 e. The number of methoxy groups -OCH3 is 1. The lowest BCUT2D eigenvalue weighted by atomic mass is 9.99. The number of anilines is 1. The molecule has 0 unspecified atom stereocenters. The van der Waals surface area contributed by atoms with Crippen molar-refractivity contribution in [1.29, 1.82) is 0 Å². The van der Waals surface area contributed by atoms with E-state index in [0.717, 1.165) is 30.3 Å². The van der Waals surface area contributed by atoms with E-state index in [1.54, 1.807) is 19.1 Å². The first-order chi connectivity index (χ1) is 13.0. The Balaban J connectivity index is 1.53. The number of carbonyl (C=O) groups excluding carboxylic acids is 1. The monoisotopic (exact) mass is 366 g/mol. The minimum atomic E-state index is -0.245. The summed E-state index contributed by atoms with van der Waals surface area (Å²) in [6, 6.07) is 15.4. The van der Waals surface area contributed by atoms with Crippen LogP contribution in [0.2, 0.25) is 0 Å². The van der Waals surface area contributed by atoms with Crippen LogP contribution in [0.25, 0.3) is 0 Å². The average molecular weight is 366 g/mol. The summed E-state index contributed by atoms with van der Waals surface area (Å²) in [5.74, 6) is 1.62. The number of amides is 2. The van der Waals surface area contributed by atoms with Gasteiger partial charge in [-0.3, -0.25) is 0 Å². The van der Waals surface area contributed by atoms with Crippen molar-refractivity contribution in [2.24, 2.45) is 5.92 Å². The number of urea groups is 1. The number of hydrogen-bond donors (Lipinski definition) is 0. The molecule has 3 rings (SSSR count). The SMILES string of the molecule is COc1ccc(CN(C)C(=O)[N]c2ccc(N3CCC(C)CC3)cc2)cc1. The predicted octanol–water partition coefficient (Wildman–Crippen LogP) is 4.42. The highest BCUT2D eigenvalue weighted by atomic mass is 16.5. The van der Waals surface area contributed by atoms with Crippen molar-refractivity contribution in [3.8, 4) is 5.75 Å². The first-order valence-electron chi connectivity index (χ1n) is 9.50. The van der Waals surface area contributed by atoms with Gasteiger partial charge in [0.05, 0.1) is 12.8 Å². The zero-order valence-corrected chi connectivity index (χ0v) is 16.4. The van der Waals surface area contributed by atoms with Gasteiger partial charge in [0.1, 0.15) is 5.75 Å². The third kappa shape index (κ3) is 5.16. The summed E-state index contributed by atoms with van der Waals surface area (Å²) >= 11 is 0. The van der Waals surface area contributed by atoms with Crippen molar-refractivity contribution in [2.75, 3.05) is 32.1 Å². The molecule has 0 bridgehead atoms. The van der Waals surface area contributed by atoms with Crippen molar-refractivity contribution >= 4 is 17.4 Å². The number of rotatable bonds is 5. The van der Waals surface area contributed by atoms with Gasteiger partial charge >= 0.3 is 6.03 Å². The fraction of sp³-hybridized carbons (Fsp3) is 0.409. The Morgan fingerprint density at radius 3 is 2.33 bits per heavy atom. The molecule has 2 aromatic carbocycles. The fourth-order valence-corrected chi connectivity index (χ4v) is 3.27. The van der Waals surface area contributed by atoms with Crippen LogP contribution in [0.1, 0.15) is 25.3 Å². The normalized spacial score (nSPS) is 14.7. The molecular formula is C22H28N3O2. The highest BCUT2D eigenvalue weighted by Gasteiger charge is 2.16. The summed E-state index contributed by atoms with van der Waals surface area (Å²) in [6.07, 6.45) is 2.47. The Bertz CT molecular complexity index is 735. The number of piperidine rings is 1. The molecule has 1 radical (unpaired) electrons. The van der Waals surface area contributed by atoms with Gasteiger partial charge in [-0.25, -0.2) is 4.79 Å². The molecule has 1 saturated heterocycles. The lowest BCUT2D eigenvalue weighted by Crippen LogP contribution is -2.32. The molecule has 0 saturated carbocycles. The van der Waals surface area contributed by atoms with E-state index in [1.807, 2.05) is 36.4 Å². The van der Waals surface area contributed by atoms with E-state index >= 15 is 0 Å². The van der Waals surface area contributed by atoms with E-state index in [1.165, 1.54) is 18.5 Å². The molecule has 0 aliphatic carbocycles. The summed E-state index contributed by atoms with van der Waals surface area (Å²) in [4.78, 5) is 16.4. The van der Waals surface area contributed by atoms with Crippen LogP contribution in [-0.4, -0.2) is 38.2 Å². The Labute approximate surface area is 161 Å². The predicted molar refractivity (Wildman–Crippen MR) is 109 cm³/mol. The van der Waals surface area contributed by atoms with Gasteiger partial charge in [0.15, 0.2) is 0 Å². The smallest absolute Gasteiger partial charge is 0.344 e. The molecule has 1 aliphatic rings. The first kappa shape index (κ1) is 19.1. The van der Waals surface area contributed by atoms with Crippen molar-refractivity contribution in [1.82, 2.24) is 10.2 Å². The van der Waals surface area contributed by atoms with Crippen molar-refractivity contribution < 1.29 is 9.53 Å². The maximum absolute atomic E-state index is 12.4. The first-order valence-corrected chi connectivity index (χ1v) is 9.50. The van der Waals surface area contributed by atoms with Crippen LogP contribution in [0.4, 0.5) is 16.2 Å². The second-order valence-electron chi connectivity index (χ2n) is 7.28. The van der Waals surface area contributed by atoms with Crippen molar-refractivity contribution in [2.45, 2.75) is 26.3 Å². The highest BCUT2D eigenvalue weighted by molar-refractivity contribution is 5.79. The van der Waals surface area contributed by atoms with E-state index < -0.39 is 0 Å². The summed E-state index contributed by atoms with van der Waals surface area (Å²) in [5.41, 5.74) is 2.94. The lowest BCUT2D eigenvalue weighted by molar-refractivity contribution is 0.210. The van der Waals surface area contributed by atoms with E-state index in [2.05, 4.69) is 29.3 Å². The molecule has 27 heavy (non-hydrogen) atoms. The third-order valence-corrected chi connectivity index (χ3v) is 5.13. The summed E-state index contributed by atoms with van der Waals surface area (Å²) < 4.78 is 5.16. The Hall–Kier alpha value is -2.69. The highest BCUT2D eigenvalue weighted by Crippen LogP contribution is 2.24. The van der Waals surface area contributed by atoms with Gasteiger partial charge in [-0.2, -0.15) is 5.32 Å². The Morgan fingerprint density at radius 2 is 1.74 bits per heavy atom. The number of ether oxygens (including phenoxy) is 1. The van der Waals surface area contributed by atoms with E-state index in [9.17, 15) is 4.79 Å². The average Bonchev–Trinajstić information content (AvgIpc) is 2.70. The van der Waals surface area contributed by atoms with Gasteiger partial charge in [-0.1, -0.05) is 19.1 Å². The number of nitrogens with zero attached hydrogens (tertiary/aromatic N) is 3. The molecule has 0 atom stereocenters. The van der Waals surface area contributed by atoms with Crippen LogP contribution in [0.3, 0.4) is 0 Å². The minimum Gasteiger partial charge on any atom is -0.497 e. The van der Waals surface area contributed by atoms with Crippen LogP contribution >= 0.6 is 0 Å².